The molecule has 13 heteroatoms. The van der Waals surface area contributed by atoms with Crippen molar-refractivity contribution in [3.63, 3.8) is 0 Å². The van der Waals surface area contributed by atoms with Crippen molar-refractivity contribution in [2.24, 2.45) is 11.3 Å². The second kappa shape index (κ2) is 14.2. The van der Waals surface area contributed by atoms with E-state index in [-0.39, 0.29) is 21.9 Å². The molecule has 0 unspecified atom stereocenters. The zero-order valence-electron chi connectivity index (χ0n) is 27.4. The third-order valence-corrected chi connectivity index (χ3v) is 11.2. The van der Waals surface area contributed by atoms with Crippen LogP contribution in [0.25, 0.3) is 0 Å². The first-order valence-corrected chi connectivity index (χ1v) is 17.8. The lowest BCUT2D eigenvalue weighted by atomic mass is 9.77. The molecule has 3 aromatic rings. The number of likely N-dealkylation sites (tertiary alicyclic amines) is 1. The summed E-state index contributed by atoms with van der Waals surface area (Å²) in [7, 11) is 0. The number of carbonyl (C=O) groups is 1. The van der Waals surface area contributed by atoms with Gasteiger partial charge in [-0.15, -0.1) is 0 Å². The Kier molecular flexibility index (Phi) is 9.63. The number of nitrogens with one attached hydrogen (secondary N) is 1. The predicted octanol–water partition coefficient (Wildman–Crippen LogP) is 6.29. The number of carbonyl (C=O) groups excluding carboxylic acids is 1. The van der Waals surface area contributed by atoms with Gasteiger partial charge in [-0.2, -0.15) is 4.98 Å². The summed E-state index contributed by atoms with van der Waals surface area (Å²) in [5.41, 5.74) is 2.44. The average molecular weight is 674 g/mol. The van der Waals surface area contributed by atoms with Gasteiger partial charge in [0.2, 0.25) is 11.9 Å². The third kappa shape index (κ3) is 7.05. The van der Waals surface area contributed by atoms with E-state index in [0.29, 0.717) is 23.4 Å². The summed E-state index contributed by atoms with van der Waals surface area (Å²) in [5, 5.41) is 14.8. The number of rotatable bonds is 9. The largest absolute Gasteiger partial charge is 0.372 e. The Morgan fingerprint density at radius 3 is 2.35 bits per heavy atom. The van der Waals surface area contributed by atoms with Gasteiger partial charge in [0.25, 0.3) is 5.69 Å². The molecule has 48 heavy (non-hydrogen) atoms. The van der Waals surface area contributed by atoms with Crippen LogP contribution in [0.4, 0.5) is 34.5 Å². The van der Waals surface area contributed by atoms with E-state index in [9.17, 15) is 14.9 Å². The highest BCUT2D eigenvalue weighted by Crippen LogP contribution is 2.43. The van der Waals surface area contributed by atoms with Gasteiger partial charge in [-0.05, 0) is 102 Å². The first-order chi connectivity index (χ1) is 23.4. The van der Waals surface area contributed by atoms with Crippen LogP contribution < -0.4 is 20.0 Å². The summed E-state index contributed by atoms with van der Waals surface area (Å²) >= 11 is 6.46. The molecule has 1 spiro atoms. The van der Waals surface area contributed by atoms with E-state index in [0.717, 1.165) is 114 Å². The van der Waals surface area contributed by atoms with Gasteiger partial charge in [-0.1, -0.05) is 11.6 Å². The fourth-order valence-corrected chi connectivity index (χ4v) is 8.09. The molecule has 0 aliphatic carbocycles. The number of benzene rings is 1. The van der Waals surface area contributed by atoms with Crippen molar-refractivity contribution in [1.82, 2.24) is 19.9 Å². The molecule has 4 aliphatic heterocycles. The number of halogens is 1. The van der Waals surface area contributed by atoms with Crippen LogP contribution in [0.1, 0.15) is 57.8 Å². The van der Waals surface area contributed by atoms with Crippen molar-refractivity contribution in [3.8, 4) is 0 Å². The zero-order chi connectivity index (χ0) is 33.1. The minimum Gasteiger partial charge on any atom is -0.372 e. The van der Waals surface area contributed by atoms with Gasteiger partial charge in [0, 0.05) is 50.5 Å². The Morgan fingerprint density at radius 2 is 1.62 bits per heavy atom. The number of hydrogen-bond donors (Lipinski definition) is 1. The number of anilines is 5. The molecule has 1 N–H and O–H groups in total. The molecule has 1 aromatic carbocycles. The van der Waals surface area contributed by atoms with E-state index in [4.69, 9.17) is 16.6 Å². The highest BCUT2D eigenvalue weighted by atomic mass is 35.5. The zero-order valence-corrected chi connectivity index (χ0v) is 28.2. The monoisotopic (exact) mass is 673 g/mol. The van der Waals surface area contributed by atoms with E-state index in [2.05, 4.69) is 30.0 Å². The van der Waals surface area contributed by atoms with Gasteiger partial charge >= 0.3 is 0 Å². The summed E-state index contributed by atoms with van der Waals surface area (Å²) in [6.07, 6.45) is 14.7. The molecular weight excluding hydrogens is 630 g/mol. The van der Waals surface area contributed by atoms with Crippen LogP contribution in [0.3, 0.4) is 0 Å². The first-order valence-electron chi connectivity index (χ1n) is 17.4. The highest BCUT2D eigenvalue weighted by molar-refractivity contribution is 6.32. The molecule has 0 bridgehead atoms. The summed E-state index contributed by atoms with van der Waals surface area (Å²) in [6, 6.07) is 8.86. The maximum atomic E-state index is 13.9. The number of aromatic nitrogens is 3. The molecule has 1 amide bonds. The Bertz CT molecular complexity index is 1600. The van der Waals surface area contributed by atoms with Crippen LogP contribution >= 0.6 is 11.6 Å². The molecule has 254 valence electrons. The van der Waals surface area contributed by atoms with E-state index < -0.39 is 0 Å². The number of pyridine rings is 1. The standard InChI is InChI=1S/C35H44ClN9O3/c36-31-25-38-34(40-32(31)43-14-2-1-3-15-43)39-27-22-30(24-37-23-27)44-21-13-35(33(44)46)11-19-41(20-12-35)16-8-26-9-17-42(18-10-26)28-4-6-29(7-5-28)45(47)48/h4-7,22-26H,1-3,8-21H2,(H,38,39,40). The maximum Gasteiger partial charge on any atom is 0.269 e. The summed E-state index contributed by atoms with van der Waals surface area (Å²) < 4.78 is 0. The van der Waals surface area contributed by atoms with Gasteiger partial charge in [0.05, 0.1) is 40.3 Å². The molecule has 4 saturated heterocycles. The number of nitro groups is 1. The molecule has 0 atom stereocenters. The smallest absolute Gasteiger partial charge is 0.269 e. The minimum atomic E-state index is -0.351. The van der Waals surface area contributed by atoms with Gasteiger partial charge in [-0.3, -0.25) is 19.9 Å². The number of nitro benzene ring substituents is 1. The Morgan fingerprint density at radius 1 is 0.896 bits per heavy atom. The van der Waals surface area contributed by atoms with Crippen molar-refractivity contribution < 1.29 is 9.72 Å². The van der Waals surface area contributed by atoms with E-state index in [1.54, 1.807) is 30.7 Å². The maximum absolute atomic E-state index is 13.9. The lowest BCUT2D eigenvalue weighted by Crippen LogP contribution is -2.45. The van der Waals surface area contributed by atoms with Gasteiger partial charge in [0.1, 0.15) is 5.02 Å². The predicted molar refractivity (Wildman–Crippen MR) is 188 cm³/mol. The Hall–Kier alpha value is -4.03. The van der Waals surface area contributed by atoms with Crippen LogP contribution in [-0.2, 0) is 4.79 Å². The van der Waals surface area contributed by atoms with E-state index >= 15 is 0 Å². The number of nitrogens with zero attached hydrogens (tertiary/aromatic N) is 8. The molecule has 6 heterocycles. The fraction of sp³-hybridized carbons (Fsp3) is 0.543. The molecule has 2 aromatic heterocycles. The quantitative estimate of drug-likeness (QED) is 0.205. The van der Waals surface area contributed by atoms with Crippen molar-refractivity contribution in [1.29, 1.82) is 0 Å². The lowest BCUT2D eigenvalue weighted by molar-refractivity contribution is -0.384. The van der Waals surface area contributed by atoms with Crippen LogP contribution in [0.2, 0.25) is 5.02 Å². The van der Waals surface area contributed by atoms with Crippen LogP contribution in [0.15, 0.2) is 48.9 Å². The van der Waals surface area contributed by atoms with E-state index in [1.807, 2.05) is 23.1 Å². The van der Waals surface area contributed by atoms with Gasteiger partial charge in [0.15, 0.2) is 5.82 Å². The second-order valence-electron chi connectivity index (χ2n) is 13.8. The lowest BCUT2D eigenvalue weighted by Gasteiger charge is -2.39. The van der Waals surface area contributed by atoms with Gasteiger partial charge < -0.3 is 24.9 Å². The van der Waals surface area contributed by atoms with E-state index in [1.165, 1.54) is 12.8 Å². The van der Waals surface area contributed by atoms with Crippen molar-refractivity contribution in [2.45, 2.75) is 57.8 Å². The number of piperidine rings is 3. The number of amides is 1. The third-order valence-electron chi connectivity index (χ3n) is 10.9. The van der Waals surface area contributed by atoms with Crippen molar-refractivity contribution >= 4 is 52.0 Å². The molecule has 7 rings (SSSR count). The number of hydrogen-bond acceptors (Lipinski definition) is 10. The molecule has 4 aliphatic rings. The molecule has 4 fully saturated rings. The topological polar surface area (TPSA) is 124 Å². The average Bonchev–Trinajstić information content (AvgIpc) is 3.44. The Balaban J connectivity index is 0.890. The highest BCUT2D eigenvalue weighted by Gasteiger charge is 2.48. The molecular formula is C35H44ClN9O3. The number of non-ortho nitro benzene ring substituents is 1. The summed E-state index contributed by atoms with van der Waals surface area (Å²) in [6.45, 7) is 7.52. The van der Waals surface area contributed by atoms with Crippen LogP contribution in [0, 0.1) is 21.4 Å². The van der Waals surface area contributed by atoms with Crippen LogP contribution in [-0.4, -0.2) is 83.0 Å². The fourth-order valence-electron chi connectivity index (χ4n) is 7.88. The van der Waals surface area contributed by atoms with Crippen molar-refractivity contribution in [2.75, 3.05) is 72.4 Å². The normalized spacial score (nSPS) is 20.4. The SMILES string of the molecule is O=C1N(c2cncc(Nc3ncc(Cl)c(N4CCCCC4)n3)c2)CCC12CCN(CCC1CCN(c3ccc([N+](=O)[O-])cc3)CC1)CC2. The molecule has 0 radical (unpaired) electrons. The summed E-state index contributed by atoms with van der Waals surface area (Å²) in [5.74, 6) is 2.12. The second-order valence-corrected chi connectivity index (χ2v) is 14.2. The van der Waals surface area contributed by atoms with Crippen molar-refractivity contribution in [3.05, 3.63) is 64.1 Å². The summed E-state index contributed by atoms with van der Waals surface area (Å²) in [4.78, 5) is 47.1. The molecule has 12 nitrogen and oxygen atoms in total. The first kappa shape index (κ1) is 32.5. The minimum absolute atomic E-state index is 0.134. The molecule has 0 saturated carbocycles. The Labute approximate surface area is 286 Å². The van der Waals surface area contributed by atoms with Gasteiger partial charge in [-0.25, -0.2) is 4.98 Å². The van der Waals surface area contributed by atoms with Crippen LogP contribution in [0.5, 0.6) is 0 Å².